The first-order valence-corrected chi connectivity index (χ1v) is 7.95. The predicted octanol–water partition coefficient (Wildman–Crippen LogP) is 3.10. The van der Waals surface area contributed by atoms with Gasteiger partial charge < -0.3 is 19.8 Å². The largest absolute Gasteiger partial charge is 0.494 e. The fourth-order valence-electron chi connectivity index (χ4n) is 2.42. The van der Waals surface area contributed by atoms with E-state index in [0.29, 0.717) is 25.3 Å². The molecule has 0 radical (unpaired) electrons. The summed E-state index contributed by atoms with van der Waals surface area (Å²) in [6.07, 6.45) is 4.60. The first kappa shape index (κ1) is 15.9. The molecule has 0 aliphatic carbocycles. The van der Waals surface area contributed by atoms with Crippen molar-refractivity contribution >= 4 is 17.4 Å². The van der Waals surface area contributed by atoms with E-state index in [1.807, 2.05) is 60.1 Å². The van der Waals surface area contributed by atoms with Crippen molar-refractivity contribution in [1.29, 1.82) is 0 Å². The number of hydrogen-bond acceptors (Lipinski definition) is 3. The number of nitrogens with zero attached hydrogens (tertiary/aromatic N) is 2. The van der Waals surface area contributed by atoms with Crippen LogP contribution < -0.4 is 15.4 Å². The molecule has 2 amide bonds. The summed E-state index contributed by atoms with van der Waals surface area (Å²) in [6, 6.07) is 12.9. The summed E-state index contributed by atoms with van der Waals surface area (Å²) in [5.41, 5.74) is 2.55. The van der Waals surface area contributed by atoms with Crippen molar-refractivity contribution in [2.75, 3.05) is 18.5 Å². The lowest BCUT2D eigenvalue weighted by molar-refractivity contribution is 0.252. The number of anilines is 1. The van der Waals surface area contributed by atoms with E-state index in [0.717, 1.165) is 17.1 Å². The number of carbonyl (C=O) groups is 1. The van der Waals surface area contributed by atoms with Crippen molar-refractivity contribution in [2.45, 2.75) is 13.3 Å². The molecule has 0 saturated carbocycles. The quantitative estimate of drug-likeness (QED) is 0.732. The van der Waals surface area contributed by atoms with Gasteiger partial charge >= 0.3 is 6.03 Å². The van der Waals surface area contributed by atoms with E-state index in [1.165, 1.54) is 0 Å². The molecule has 0 saturated heterocycles. The molecule has 0 atom stereocenters. The van der Waals surface area contributed by atoms with Gasteiger partial charge in [0.15, 0.2) is 0 Å². The average molecular weight is 324 g/mol. The Kier molecular flexibility index (Phi) is 4.96. The SMILES string of the molecule is CCOc1cccc(NC(=O)NCCc2cn3ccccc3n2)c1. The molecule has 0 bridgehead atoms. The lowest BCUT2D eigenvalue weighted by Crippen LogP contribution is -2.30. The fourth-order valence-corrected chi connectivity index (χ4v) is 2.42. The molecule has 24 heavy (non-hydrogen) atoms. The van der Waals surface area contributed by atoms with Gasteiger partial charge in [-0.2, -0.15) is 0 Å². The highest BCUT2D eigenvalue weighted by molar-refractivity contribution is 5.89. The van der Waals surface area contributed by atoms with Gasteiger partial charge in [-0.05, 0) is 31.2 Å². The number of carbonyl (C=O) groups excluding carboxylic acids is 1. The van der Waals surface area contributed by atoms with E-state index in [1.54, 1.807) is 6.07 Å². The number of urea groups is 1. The molecule has 3 rings (SSSR count). The smallest absolute Gasteiger partial charge is 0.319 e. The molecule has 1 aromatic carbocycles. The number of fused-ring (bicyclic) bond motifs is 1. The van der Waals surface area contributed by atoms with Gasteiger partial charge in [-0.1, -0.05) is 12.1 Å². The van der Waals surface area contributed by atoms with Crippen LogP contribution in [0.1, 0.15) is 12.6 Å². The second-order valence-corrected chi connectivity index (χ2v) is 5.29. The molecular formula is C18H20N4O2. The summed E-state index contributed by atoms with van der Waals surface area (Å²) in [6.45, 7) is 3.03. The molecule has 0 aliphatic rings. The van der Waals surface area contributed by atoms with Crippen LogP contribution in [0.3, 0.4) is 0 Å². The van der Waals surface area contributed by atoms with E-state index in [-0.39, 0.29) is 6.03 Å². The maximum atomic E-state index is 12.0. The van der Waals surface area contributed by atoms with Crippen molar-refractivity contribution in [3.05, 3.63) is 60.6 Å². The normalized spacial score (nSPS) is 10.5. The number of hydrogen-bond donors (Lipinski definition) is 2. The van der Waals surface area contributed by atoms with Gasteiger partial charge in [0.05, 0.1) is 12.3 Å². The molecule has 6 heteroatoms. The van der Waals surface area contributed by atoms with Gasteiger partial charge in [0.2, 0.25) is 0 Å². The molecule has 6 nitrogen and oxygen atoms in total. The zero-order valence-corrected chi connectivity index (χ0v) is 13.5. The van der Waals surface area contributed by atoms with E-state index in [4.69, 9.17) is 4.74 Å². The Morgan fingerprint density at radius 3 is 3.00 bits per heavy atom. The van der Waals surface area contributed by atoms with Crippen LogP contribution in [0.2, 0.25) is 0 Å². The Morgan fingerprint density at radius 2 is 2.17 bits per heavy atom. The van der Waals surface area contributed by atoms with Gasteiger partial charge in [-0.3, -0.25) is 0 Å². The Bertz CT molecular complexity index is 796. The van der Waals surface area contributed by atoms with Crippen LogP contribution in [0.4, 0.5) is 10.5 Å². The second kappa shape index (κ2) is 7.50. The molecule has 124 valence electrons. The maximum absolute atomic E-state index is 12.0. The highest BCUT2D eigenvalue weighted by atomic mass is 16.5. The summed E-state index contributed by atoms with van der Waals surface area (Å²) in [4.78, 5) is 16.5. The van der Waals surface area contributed by atoms with Crippen LogP contribution in [-0.4, -0.2) is 28.6 Å². The molecule has 0 spiro atoms. The minimum Gasteiger partial charge on any atom is -0.494 e. The van der Waals surface area contributed by atoms with Gasteiger partial charge in [0.25, 0.3) is 0 Å². The highest BCUT2D eigenvalue weighted by Gasteiger charge is 2.04. The zero-order valence-electron chi connectivity index (χ0n) is 13.5. The van der Waals surface area contributed by atoms with Crippen molar-refractivity contribution in [1.82, 2.24) is 14.7 Å². The number of aromatic nitrogens is 2. The molecule has 2 heterocycles. The van der Waals surface area contributed by atoms with Gasteiger partial charge in [0.1, 0.15) is 11.4 Å². The lowest BCUT2D eigenvalue weighted by Gasteiger charge is -2.09. The molecule has 2 aromatic heterocycles. The van der Waals surface area contributed by atoms with Crippen LogP contribution in [0.15, 0.2) is 54.9 Å². The molecule has 2 N–H and O–H groups in total. The van der Waals surface area contributed by atoms with Crippen LogP contribution in [0, 0.1) is 0 Å². The first-order valence-electron chi connectivity index (χ1n) is 7.95. The molecule has 0 aliphatic heterocycles. The number of amides is 2. The third-order valence-corrected chi connectivity index (χ3v) is 3.48. The lowest BCUT2D eigenvalue weighted by atomic mass is 10.3. The predicted molar refractivity (Wildman–Crippen MR) is 93.5 cm³/mol. The van der Waals surface area contributed by atoms with E-state index < -0.39 is 0 Å². The Balaban J connectivity index is 1.49. The summed E-state index contributed by atoms with van der Waals surface area (Å²) >= 11 is 0. The third-order valence-electron chi connectivity index (χ3n) is 3.48. The monoisotopic (exact) mass is 324 g/mol. The average Bonchev–Trinajstić information content (AvgIpc) is 2.98. The van der Waals surface area contributed by atoms with Crippen LogP contribution in [0.25, 0.3) is 5.65 Å². The highest BCUT2D eigenvalue weighted by Crippen LogP contribution is 2.17. The number of rotatable bonds is 6. The summed E-state index contributed by atoms with van der Waals surface area (Å²) in [5.74, 6) is 0.736. The summed E-state index contributed by atoms with van der Waals surface area (Å²) < 4.78 is 7.38. The molecule has 0 fully saturated rings. The second-order valence-electron chi connectivity index (χ2n) is 5.29. The molecular weight excluding hydrogens is 304 g/mol. The van der Waals surface area contributed by atoms with E-state index >= 15 is 0 Å². The Labute approximate surface area is 140 Å². The minimum absolute atomic E-state index is 0.243. The van der Waals surface area contributed by atoms with Gasteiger partial charge in [-0.25, -0.2) is 9.78 Å². The zero-order chi connectivity index (χ0) is 16.8. The standard InChI is InChI=1S/C18H20N4O2/c1-2-24-16-7-5-6-14(12-16)21-18(23)19-10-9-15-13-22-11-4-3-8-17(22)20-15/h3-8,11-13H,2,9-10H2,1H3,(H2,19,21,23). The van der Waals surface area contributed by atoms with Crippen molar-refractivity contribution < 1.29 is 9.53 Å². The number of benzene rings is 1. The summed E-state index contributed by atoms with van der Waals surface area (Å²) in [7, 11) is 0. The first-order chi connectivity index (χ1) is 11.7. The number of pyridine rings is 1. The van der Waals surface area contributed by atoms with Gasteiger partial charge in [-0.15, -0.1) is 0 Å². The van der Waals surface area contributed by atoms with Crippen molar-refractivity contribution in [3.63, 3.8) is 0 Å². The number of imidazole rings is 1. The third kappa shape index (κ3) is 4.04. The van der Waals surface area contributed by atoms with Gasteiger partial charge in [0, 0.05) is 37.1 Å². The Hall–Kier alpha value is -3.02. The van der Waals surface area contributed by atoms with E-state index in [9.17, 15) is 4.79 Å². The van der Waals surface area contributed by atoms with Crippen LogP contribution >= 0.6 is 0 Å². The van der Waals surface area contributed by atoms with Crippen LogP contribution in [0.5, 0.6) is 5.75 Å². The van der Waals surface area contributed by atoms with Crippen molar-refractivity contribution in [2.24, 2.45) is 0 Å². The Morgan fingerprint density at radius 1 is 1.25 bits per heavy atom. The molecule has 3 aromatic rings. The van der Waals surface area contributed by atoms with E-state index in [2.05, 4.69) is 15.6 Å². The van der Waals surface area contributed by atoms with Crippen LogP contribution in [-0.2, 0) is 6.42 Å². The summed E-state index contributed by atoms with van der Waals surface area (Å²) in [5, 5.41) is 5.63. The maximum Gasteiger partial charge on any atom is 0.319 e. The van der Waals surface area contributed by atoms with Crippen molar-refractivity contribution in [3.8, 4) is 5.75 Å². The number of nitrogens with one attached hydrogen (secondary N) is 2. The molecule has 0 unspecified atom stereocenters. The fraction of sp³-hybridized carbons (Fsp3) is 0.222. The number of ether oxygens (including phenoxy) is 1. The topological polar surface area (TPSA) is 67.7 Å². The minimum atomic E-state index is -0.243.